The molecule has 9 aromatic rings. The molecule has 0 fully saturated rings. The molecule has 0 amide bonds. The zero-order chi connectivity index (χ0) is 30.5. The molecule has 46 heavy (non-hydrogen) atoms. The average molecular weight is 588 g/mol. The summed E-state index contributed by atoms with van der Waals surface area (Å²) in [7, 11) is 0. The Morgan fingerprint density at radius 1 is 0.348 bits per heavy atom. The van der Waals surface area contributed by atoms with Gasteiger partial charge in [-0.05, 0) is 80.2 Å². The molecule has 0 aliphatic rings. The van der Waals surface area contributed by atoms with E-state index in [0.717, 1.165) is 50.1 Å². The molecule has 0 unspecified atom stereocenters. The van der Waals surface area contributed by atoms with Crippen LogP contribution in [0.4, 0.5) is 17.1 Å². The van der Waals surface area contributed by atoms with E-state index in [1.807, 2.05) is 0 Å². The molecule has 1 aromatic heterocycles. The summed E-state index contributed by atoms with van der Waals surface area (Å²) in [5.41, 5.74) is 9.67. The summed E-state index contributed by atoms with van der Waals surface area (Å²) in [5, 5.41) is 7.12. The van der Waals surface area contributed by atoms with Crippen LogP contribution in [0.2, 0.25) is 0 Å². The van der Waals surface area contributed by atoms with Gasteiger partial charge in [0.05, 0.1) is 5.69 Å². The molecule has 216 valence electrons. The van der Waals surface area contributed by atoms with Crippen LogP contribution in [0.15, 0.2) is 180 Å². The van der Waals surface area contributed by atoms with E-state index < -0.39 is 0 Å². The third kappa shape index (κ3) is 4.43. The van der Waals surface area contributed by atoms with Gasteiger partial charge in [-0.15, -0.1) is 0 Å². The Bertz CT molecular complexity index is 2510. The number of rotatable bonds is 5. The second kappa shape index (κ2) is 10.8. The van der Waals surface area contributed by atoms with E-state index in [2.05, 4.69) is 181 Å². The highest BCUT2D eigenvalue weighted by atomic mass is 16.3. The van der Waals surface area contributed by atoms with Gasteiger partial charge in [0.15, 0.2) is 0 Å². The zero-order valence-corrected chi connectivity index (χ0v) is 25.1. The quantitative estimate of drug-likeness (QED) is 0.199. The summed E-state index contributed by atoms with van der Waals surface area (Å²) < 4.78 is 6.71. The number of hydrogen-bond acceptors (Lipinski definition) is 2. The van der Waals surface area contributed by atoms with Crippen LogP contribution in [0.5, 0.6) is 0 Å². The van der Waals surface area contributed by atoms with Crippen LogP contribution < -0.4 is 4.90 Å². The summed E-state index contributed by atoms with van der Waals surface area (Å²) in [6.07, 6.45) is 0. The van der Waals surface area contributed by atoms with Crippen molar-refractivity contribution in [3.8, 4) is 22.3 Å². The smallest absolute Gasteiger partial charge is 0.138 e. The van der Waals surface area contributed by atoms with Crippen LogP contribution in [-0.2, 0) is 0 Å². The van der Waals surface area contributed by atoms with Crippen molar-refractivity contribution in [3.63, 3.8) is 0 Å². The van der Waals surface area contributed by atoms with Crippen molar-refractivity contribution < 1.29 is 4.42 Å². The highest BCUT2D eigenvalue weighted by Gasteiger charge is 2.21. The fraction of sp³-hybridized carbons (Fsp3) is 0. The molecule has 2 heteroatoms. The highest BCUT2D eigenvalue weighted by molar-refractivity contribution is 6.23. The van der Waals surface area contributed by atoms with Gasteiger partial charge in [-0.3, -0.25) is 0 Å². The van der Waals surface area contributed by atoms with E-state index in [1.165, 1.54) is 32.7 Å². The minimum Gasteiger partial charge on any atom is -0.456 e. The lowest BCUT2D eigenvalue weighted by molar-refractivity contribution is 0.669. The largest absolute Gasteiger partial charge is 0.456 e. The molecule has 8 aromatic carbocycles. The molecule has 9 rings (SSSR count). The monoisotopic (exact) mass is 587 g/mol. The summed E-state index contributed by atoms with van der Waals surface area (Å²) in [5.74, 6) is 0. The minimum atomic E-state index is 0.870. The van der Waals surface area contributed by atoms with Crippen molar-refractivity contribution in [3.05, 3.63) is 176 Å². The molecular formula is C44H29NO. The van der Waals surface area contributed by atoms with E-state index in [0.29, 0.717) is 0 Å². The number of benzene rings is 8. The molecule has 0 aliphatic carbocycles. The van der Waals surface area contributed by atoms with Gasteiger partial charge in [-0.2, -0.15) is 0 Å². The summed E-state index contributed by atoms with van der Waals surface area (Å²) in [6, 6.07) is 62.7. The third-order valence-corrected chi connectivity index (χ3v) is 9.01. The SMILES string of the molecule is c1ccc(-c2ccc(N(c3ccc4ccccc4c3)c3cc(-c4ccccc4)c4c(c3)oc3ccc5ccccc5c34)cc2)cc1. The van der Waals surface area contributed by atoms with Gasteiger partial charge in [-0.1, -0.05) is 133 Å². The fourth-order valence-corrected chi connectivity index (χ4v) is 6.82. The van der Waals surface area contributed by atoms with Crippen LogP contribution in [0.25, 0.3) is 65.7 Å². The van der Waals surface area contributed by atoms with Crippen molar-refractivity contribution in [2.45, 2.75) is 0 Å². The van der Waals surface area contributed by atoms with Gasteiger partial charge in [0.25, 0.3) is 0 Å². The normalized spacial score (nSPS) is 11.5. The maximum atomic E-state index is 6.71. The summed E-state index contributed by atoms with van der Waals surface area (Å²) in [6.45, 7) is 0. The van der Waals surface area contributed by atoms with Crippen molar-refractivity contribution >= 4 is 60.5 Å². The van der Waals surface area contributed by atoms with Gasteiger partial charge in [0.2, 0.25) is 0 Å². The second-order valence-electron chi connectivity index (χ2n) is 11.8. The van der Waals surface area contributed by atoms with Crippen molar-refractivity contribution in [2.24, 2.45) is 0 Å². The third-order valence-electron chi connectivity index (χ3n) is 9.01. The molecule has 0 atom stereocenters. The van der Waals surface area contributed by atoms with Crippen molar-refractivity contribution in [1.29, 1.82) is 0 Å². The molecule has 1 heterocycles. The Balaban J connectivity index is 1.32. The summed E-state index contributed by atoms with van der Waals surface area (Å²) in [4.78, 5) is 2.35. The maximum absolute atomic E-state index is 6.71. The van der Waals surface area contributed by atoms with Crippen LogP contribution in [0.3, 0.4) is 0 Å². The van der Waals surface area contributed by atoms with Crippen LogP contribution in [0.1, 0.15) is 0 Å². The predicted octanol–water partition coefficient (Wildman–Crippen LogP) is 12.7. The molecule has 0 radical (unpaired) electrons. The van der Waals surface area contributed by atoms with E-state index in [-0.39, 0.29) is 0 Å². The van der Waals surface area contributed by atoms with Gasteiger partial charge in [0, 0.05) is 28.2 Å². The van der Waals surface area contributed by atoms with Gasteiger partial charge < -0.3 is 9.32 Å². The fourth-order valence-electron chi connectivity index (χ4n) is 6.82. The number of nitrogens with zero attached hydrogens (tertiary/aromatic N) is 1. The second-order valence-corrected chi connectivity index (χ2v) is 11.8. The molecule has 0 saturated heterocycles. The molecule has 0 spiro atoms. The zero-order valence-electron chi connectivity index (χ0n) is 25.1. The molecule has 0 aliphatic heterocycles. The van der Waals surface area contributed by atoms with Crippen molar-refractivity contribution in [2.75, 3.05) is 4.90 Å². The molecule has 0 N–H and O–H groups in total. The standard InChI is InChI=1S/C44H29NO/c1-3-11-30(12-4-1)32-19-23-36(24-20-32)45(37-25-21-31-13-7-8-17-35(31)27-37)38-28-40(33-14-5-2-6-15-33)44-42(29-38)46-41-26-22-34-16-9-10-18-39(34)43(41)44/h1-29H. The van der Waals surface area contributed by atoms with E-state index in [1.54, 1.807) is 0 Å². The van der Waals surface area contributed by atoms with Gasteiger partial charge >= 0.3 is 0 Å². The van der Waals surface area contributed by atoms with Crippen LogP contribution in [0, 0.1) is 0 Å². The molecule has 0 bridgehead atoms. The Labute approximate surface area is 267 Å². The van der Waals surface area contributed by atoms with Crippen molar-refractivity contribution in [1.82, 2.24) is 0 Å². The summed E-state index contributed by atoms with van der Waals surface area (Å²) >= 11 is 0. The molecule has 0 saturated carbocycles. The Morgan fingerprint density at radius 3 is 1.74 bits per heavy atom. The van der Waals surface area contributed by atoms with Crippen LogP contribution in [-0.4, -0.2) is 0 Å². The number of fused-ring (bicyclic) bond motifs is 6. The van der Waals surface area contributed by atoms with E-state index >= 15 is 0 Å². The lowest BCUT2D eigenvalue weighted by Gasteiger charge is -2.27. The first-order valence-corrected chi connectivity index (χ1v) is 15.7. The maximum Gasteiger partial charge on any atom is 0.138 e. The number of furan rings is 1. The van der Waals surface area contributed by atoms with E-state index in [4.69, 9.17) is 4.42 Å². The number of anilines is 3. The average Bonchev–Trinajstić information content (AvgIpc) is 3.52. The molecular weight excluding hydrogens is 558 g/mol. The van der Waals surface area contributed by atoms with Gasteiger partial charge in [-0.25, -0.2) is 0 Å². The topological polar surface area (TPSA) is 16.4 Å². The Morgan fingerprint density at radius 2 is 0.957 bits per heavy atom. The Kier molecular flexibility index (Phi) is 6.17. The first-order chi connectivity index (χ1) is 22.8. The Hall–Kier alpha value is -6.12. The molecule has 2 nitrogen and oxygen atoms in total. The first-order valence-electron chi connectivity index (χ1n) is 15.7. The minimum absolute atomic E-state index is 0.870. The van der Waals surface area contributed by atoms with Crippen LogP contribution >= 0.6 is 0 Å². The predicted molar refractivity (Wildman–Crippen MR) is 194 cm³/mol. The first kappa shape index (κ1) is 26.3. The lowest BCUT2D eigenvalue weighted by atomic mass is 9.95. The lowest BCUT2D eigenvalue weighted by Crippen LogP contribution is -2.10. The van der Waals surface area contributed by atoms with E-state index in [9.17, 15) is 0 Å². The number of hydrogen-bond donors (Lipinski definition) is 0. The highest BCUT2D eigenvalue weighted by Crippen LogP contribution is 2.45. The van der Waals surface area contributed by atoms with Gasteiger partial charge in [0.1, 0.15) is 11.2 Å².